The van der Waals surface area contributed by atoms with Crippen LogP contribution in [-0.4, -0.2) is 35.7 Å². The van der Waals surface area contributed by atoms with Crippen molar-refractivity contribution in [3.63, 3.8) is 0 Å². The fourth-order valence-electron chi connectivity index (χ4n) is 0. The van der Waals surface area contributed by atoms with Gasteiger partial charge in [-0.15, -0.1) is 0 Å². The third-order valence-corrected chi connectivity index (χ3v) is 0.471. The summed E-state index contributed by atoms with van der Waals surface area (Å²) >= 11 is 0. The predicted octanol–water partition coefficient (Wildman–Crippen LogP) is -1.01. The molecule has 0 aliphatic carbocycles. The molecule has 0 rings (SSSR count). The molecule has 0 unspecified atom stereocenters. The second-order valence-electron chi connectivity index (χ2n) is 1.07. The van der Waals surface area contributed by atoms with E-state index in [2.05, 4.69) is 0 Å². The minimum atomic E-state index is -0.116. The molecule has 0 saturated heterocycles. The maximum absolute atomic E-state index is 5.07. The molecule has 0 amide bonds. The number of rotatable bonds is 1. The normalized spacial score (nSPS) is 8.00. The molecule has 0 aromatic carbocycles. The Kier molecular flexibility index (Phi) is 9.89. The molecule has 3 heteroatoms. The van der Waals surface area contributed by atoms with E-state index in [4.69, 9.17) is 11.5 Å². The van der Waals surface area contributed by atoms with E-state index in [-0.39, 0.29) is 35.7 Å². The Hall–Kier alpha value is 0.920. The van der Waals surface area contributed by atoms with E-state index in [1.165, 1.54) is 0 Å². The Morgan fingerprint density at radius 1 is 1.50 bits per heavy atom. The Morgan fingerprint density at radius 2 is 1.67 bits per heavy atom. The molecule has 34 valence electrons. The topological polar surface area (TPSA) is 52.0 Å². The Balaban J connectivity index is 0. The van der Waals surface area contributed by atoms with Crippen LogP contribution in [0, 0.1) is 0 Å². The average molecular weight is 98.1 g/mol. The van der Waals surface area contributed by atoms with Crippen molar-refractivity contribution in [1.29, 1.82) is 0 Å². The molecule has 0 bridgehead atoms. The number of hydrogen-bond donors (Lipinski definition) is 2. The van der Waals surface area contributed by atoms with Crippen molar-refractivity contribution in [2.24, 2.45) is 11.5 Å². The van der Waals surface area contributed by atoms with E-state index in [0.717, 1.165) is 6.42 Å². The van der Waals surface area contributed by atoms with Crippen molar-refractivity contribution < 1.29 is 0 Å². The van der Waals surface area contributed by atoms with E-state index in [0.29, 0.717) is 0 Å². The van der Waals surface area contributed by atoms with E-state index in [1.807, 2.05) is 6.92 Å². The Morgan fingerprint density at radius 3 is 1.67 bits per heavy atom. The number of hydrogen-bond acceptors (Lipinski definition) is 2. The van der Waals surface area contributed by atoms with Crippen LogP contribution in [0.2, 0.25) is 0 Å². The van der Waals surface area contributed by atoms with Gasteiger partial charge < -0.3 is 11.5 Å². The van der Waals surface area contributed by atoms with Crippen molar-refractivity contribution in [1.82, 2.24) is 0 Å². The van der Waals surface area contributed by atoms with Gasteiger partial charge in [0.05, 0.1) is 6.17 Å². The van der Waals surface area contributed by atoms with Gasteiger partial charge in [-0.3, -0.25) is 0 Å². The summed E-state index contributed by atoms with van der Waals surface area (Å²) in [4.78, 5) is 0. The molecule has 0 aromatic rings. The van der Waals surface area contributed by atoms with Gasteiger partial charge in [0.15, 0.2) is 0 Å². The fourth-order valence-corrected chi connectivity index (χ4v) is 0. The molecule has 0 atom stereocenters. The van der Waals surface area contributed by atoms with E-state index >= 15 is 0 Å². The zero-order valence-corrected chi connectivity index (χ0v) is 3.44. The quantitative estimate of drug-likeness (QED) is 0.326. The molecule has 2 nitrogen and oxygen atoms in total. The first-order valence-electron chi connectivity index (χ1n) is 1.78. The third-order valence-electron chi connectivity index (χ3n) is 0.471. The van der Waals surface area contributed by atoms with Gasteiger partial charge in [-0.2, -0.15) is 0 Å². The van der Waals surface area contributed by atoms with Crippen LogP contribution in [-0.2, 0) is 0 Å². The molecule has 4 N–H and O–H groups in total. The van der Waals surface area contributed by atoms with Gasteiger partial charge in [0.2, 0.25) is 0 Å². The van der Waals surface area contributed by atoms with Crippen LogP contribution in [0.25, 0.3) is 0 Å². The summed E-state index contributed by atoms with van der Waals surface area (Å²) in [5.74, 6) is 0. The van der Waals surface area contributed by atoms with Crippen LogP contribution < -0.4 is 11.5 Å². The van der Waals surface area contributed by atoms with Crippen molar-refractivity contribution in [2.45, 2.75) is 19.5 Å². The van der Waals surface area contributed by atoms with Gasteiger partial charge in [0.1, 0.15) is 0 Å². The molecule has 0 spiro atoms. The molecule has 0 aromatic heterocycles. The van der Waals surface area contributed by atoms with Crippen LogP contribution in [0.3, 0.4) is 0 Å². The van der Waals surface area contributed by atoms with Crippen LogP contribution in [0.4, 0.5) is 0 Å². The van der Waals surface area contributed by atoms with Crippen molar-refractivity contribution >= 4 is 29.6 Å². The standard InChI is InChI=1S/C3H10N2.Na.H/c1-2-3(4)5;;/h3H,2,4-5H2,1H3;;. The predicted molar refractivity (Wildman–Crippen MR) is 29.6 cm³/mol. The monoisotopic (exact) mass is 98.1 g/mol. The van der Waals surface area contributed by atoms with Crippen LogP contribution in [0.15, 0.2) is 0 Å². The van der Waals surface area contributed by atoms with Gasteiger partial charge in [0, 0.05) is 0 Å². The van der Waals surface area contributed by atoms with Crippen molar-refractivity contribution in [3.8, 4) is 0 Å². The third kappa shape index (κ3) is 8.87. The van der Waals surface area contributed by atoms with Gasteiger partial charge >= 0.3 is 29.6 Å². The molecule has 6 heavy (non-hydrogen) atoms. The molecule has 0 radical (unpaired) electrons. The summed E-state index contributed by atoms with van der Waals surface area (Å²) in [5.41, 5.74) is 10.1. The first-order chi connectivity index (χ1) is 2.27. The maximum atomic E-state index is 5.07. The van der Waals surface area contributed by atoms with Gasteiger partial charge in [-0.05, 0) is 6.42 Å². The first kappa shape index (κ1) is 10.0. The molecular formula is C3H11N2Na. The van der Waals surface area contributed by atoms with E-state index in [1.54, 1.807) is 0 Å². The van der Waals surface area contributed by atoms with Gasteiger partial charge in [-0.25, -0.2) is 0 Å². The van der Waals surface area contributed by atoms with E-state index in [9.17, 15) is 0 Å². The zero-order chi connectivity index (χ0) is 4.28. The summed E-state index contributed by atoms with van der Waals surface area (Å²) in [6.45, 7) is 1.95. The molecule has 0 heterocycles. The molecule has 0 saturated carbocycles. The molecule has 0 aliphatic rings. The van der Waals surface area contributed by atoms with E-state index < -0.39 is 0 Å². The zero-order valence-electron chi connectivity index (χ0n) is 3.44. The summed E-state index contributed by atoms with van der Waals surface area (Å²) in [5, 5.41) is 0. The Labute approximate surface area is 60.6 Å². The molecular weight excluding hydrogens is 87.0 g/mol. The van der Waals surface area contributed by atoms with Crippen LogP contribution in [0.1, 0.15) is 13.3 Å². The second-order valence-corrected chi connectivity index (χ2v) is 1.07. The van der Waals surface area contributed by atoms with Crippen molar-refractivity contribution in [2.75, 3.05) is 0 Å². The van der Waals surface area contributed by atoms with Gasteiger partial charge in [0.25, 0.3) is 0 Å². The number of nitrogens with two attached hydrogens (primary N) is 2. The van der Waals surface area contributed by atoms with Crippen molar-refractivity contribution in [3.05, 3.63) is 0 Å². The van der Waals surface area contributed by atoms with Gasteiger partial charge in [-0.1, -0.05) is 6.92 Å². The molecule has 0 fully saturated rings. The first-order valence-corrected chi connectivity index (χ1v) is 1.78. The summed E-state index contributed by atoms with van der Waals surface area (Å²) in [7, 11) is 0. The van der Waals surface area contributed by atoms with Crippen LogP contribution >= 0.6 is 0 Å². The molecule has 0 aliphatic heterocycles. The van der Waals surface area contributed by atoms with Crippen LogP contribution in [0.5, 0.6) is 0 Å². The Bertz CT molecular complexity index is 22.8. The summed E-state index contributed by atoms with van der Waals surface area (Å²) in [6, 6.07) is 0. The summed E-state index contributed by atoms with van der Waals surface area (Å²) in [6.07, 6.45) is 0.745. The summed E-state index contributed by atoms with van der Waals surface area (Å²) < 4.78 is 0. The SMILES string of the molecule is CCC(N)N.[NaH]. The minimum absolute atomic E-state index is 0. The second kappa shape index (κ2) is 5.92. The fraction of sp³-hybridized carbons (Fsp3) is 1.00. The average Bonchev–Trinajstić information content (AvgIpc) is 1.38.